The Morgan fingerprint density at radius 3 is 2.77 bits per heavy atom. The van der Waals surface area contributed by atoms with E-state index in [1.807, 2.05) is 13.0 Å². The summed E-state index contributed by atoms with van der Waals surface area (Å²) in [5, 5.41) is 2.20. The Bertz CT molecular complexity index is 269. The molecule has 0 saturated carbocycles. The molecule has 13 heavy (non-hydrogen) atoms. The maximum atomic E-state index is 11.2. The number of alkyl halides is 1. The van der Waals surface area contributed by atoms with Crippen molar-refractivity contribution in [2.24, 2.45) is 0 Å². The van der Waals surface area contributed by atoms with E-state index in [2.05, 4.69) is 5.32 Å². The summed E-state index contributed by atoms with van der Waals surface area (Å²) in [6, 6.07) is 3.45. The van der Waals surface area contributed by atoms with Gasteiger partial charge in [-0.1, -0.05) is 0 Å². The van der Waals surface area contributed by atoms with Crippen LogP contribution in [0.15, 0.2) is 22.8 Å². The fourth-order valence-corrected chi connectivity index (χ4v) is 1.000. The lowest BCUT2D eigenvalue weighted by molar-refractivity contribution is -0.121. The first-order valence-electron chi connectivity index (χ1n) is 4.09. The van der Waals surface area contributed by atoms with Gasteiger partial charge in [0.25, 0.3) is 0 Å². The molecule has 2 atom stereocenters. The molecule has 0 aliphatic carbocycles. The van der Waals surface area contributed by atoms with Crippen molar-refractivity contribution < 1.29 is 9.21 Å². The Hall–Kier alpha value is -0.960. The first-order chi connectivity index (χ1) is 6.11. The molecule has 1 amide bonds. The molecule has 0 spiro atoms. The van der Waals surface area contributed by atoms with E-state index >= 15 is 0 Å². The lowest BCUT2D eigenvalue weighted by Crippen LogP contribution is -2.31. The molecule has 3 nitrogen and oxygen atoms in total. The Balaban J connectivity index is 2.51. The van der Waals surface area contributed by atoms with Crippen LogP contribution >= 0.6 is 11.6 Å². The minimum Gasteiger partial charge on any atom is -0.467 e. The van der Waals surface area contributed by atoms with Crippen LogP contribution in [0.1, 0.15) is 25.6 Å². The number of hydrogen-bond donors (Lipinski definition) is 1. The van der Waals surface area contributed by atoms with Gasteiger partial charge in [0, 0.05) is 0 Å². The van der Waals surface area contributed by atoms with Crippen LogP contribution in [0.4, 0.5) is 0 Å². The minimum atomic E-state index is -0.516. The highest BCUT2D eigenvalue weighted by Gasteiger charge is 2.14. The van der Waals surface area contributed by atoms with Crippen molar-refractivity contribution in [1.82, 2.24) is 5.32 Å². The van der Waals surface area contributed by atoms with Crippen LogP contribution in [-0.4, -0.2) is 11.3 Å². The third-order valence-corrected chi connectivity index (χ3v) is 1.89. The highest BCUT2D eigenvalue weighted by Crippen LogP contribution is 2.12. The zero-order valence-corrected chi connectivity index (χ0v) is 8.34. The third kappa shape index (κ3) is 2.77. The summed E-state index contributed by atoms with van der Waals surface area (Å²) in [6.45, 7) is 3.47. The maximum Gasteiger partial charge on any atom is 0.238 e. The van der Waals surface area contributed by atoms with Crippen molar-refractivity contribution in [2.75, 3.05) is 0 Å². The van der Waals surface area contributed by atoms with Crippen LogP contribution in [0, 0.1) is 0 Å². The molecule has 0 fully saturated rings. The van der Waals surface area contributed by atoms with E-state index in [4.69, 9.17) is 16.0 Å². The second-order valence-electron chi connectivity index (χ2n) is 2.86. The summed E-state index contributed by atoms with van der Waals surface area (Å²) in [6.07, 6.45) is 1.57. The van der Waals surface area contributed by atoms with E-state index < -0.39 is 5.38 Å². The van der Waals surface area contributed by atoms with Gasteiger partial charge >= 0.3 is 0 Å². The van der Waals surface area contributed by atoms with Gasteiger partial charge in [0.15, 0.2) is 0 Å². The van der Waals surface area contributed by atoms with Crippen LogP contribution < -0.4 is 5.32 Å². The van der Waals surface area contributed by atoms with Crippen LogP contribution in [0.5, 0.6) is 0 Å². The lowest BCUT2D eigenvalue weighted by atomic mass is 10.2. The van der Waals surface area contributed by atoms with Gasteiger partial charge in [-0.3, -0.25) is 4.79 Å². The Kier molecular flexibility index (Phi) is 3.37. The first-order valence-corrected chi connectivity index (χ1v) is 4.52. The SMILES string of the molecule is CC(Cl)C(=O)N[C@H](C)c1ccco1. The molecule has 0 aromatic carbocycles. The zero-order chi connectivity index (χ0) is 9.84. The van der Waals surface area contributed by atoms with Gasteiger partial charge in [-0.05, 0) is 26.0 Å². The number of carbonyl (C=O) groups is 1. The molecule has 4 heteroatoms. The largest absolute Gasteiger partial charge is 0.467 e. The normalized spacial score (nSPS) is 15.0. The van der Waals surface area contributed by atoms with Crippen molar-refractivity contribution in [1.29, 1.82) is 0 Å². The summed E-state index contributed by atoms with van der Waals surface area (Å²) < 4.78 is 5.12. The molecule has 0 saturated heterocycles. The number of hydrogen-bond acceptors (Lipinski definition) is 2. The van der Waals surface area contributed by atoms with E-state index in [1.165, 1.54) is 0 Å². The average Bonchev–Trinajstić information content (AvgIpc) is 2.55. The molecule has 1 heterocycles. The maximum absolute atomic E-state index is 11.2. The van der Waals surface area contributed by atoms with Crippen molar-refractivity contribution in [3.8, 4) is 0 Å². The molecule has 1 N–H and O–H groups in total. The highest BCUT2D eigenvalue weighted by atomic mass is 35.5. The summed E-state index contributed by atoms with van der Waals surface area (Å²) in [5.41, 5.74) is 0. The second kappa shape index (κ2) is 4.33. The Morgan fingerprint density at radius 2 is 2.31 bits per heavy atom. The van der Waals surface area contributed by atoms with Crippen molar-refractivity contribution in [3.63, 3.8) is 0 Å². The zero-order valence-electron chi connectivity index (χ0n) is 7.58. The highest BCUT2D eigenvalue weighted by molar-refractivity contribution is 6.30. The van der Waals surface area contributed by atoms with E-state index in [-0.39, 0.29) is 11.9 Å². The number of carbonyl (C=O) groups excluding carboxylic acids is 1. The standard InChI is InChI=1S/C9H12ClNO2/c1-6(10)9(12)11-7(2)8-4-3-5-13-8/h3-7H,1-2H3,(H,11,12)/t6?,7-/m1/s1. The number of nitrogens with one attached hydrogen (secondary N) is 1. The van der Waals surface area contributed by atoms with Crippen molar-refractivity contribution in [3.05, 3.63) is 24.2 Å². The fraction of sp³-hybridized carbons (Fsp3) is 0.444. The summed E-state index contributed by atoms with van der Waals surface area (Å²) in [4.78, 5) is 11.2. The second-order valence-corrected chi connectivity index (χ2v) is 3.52. The number of furan rings is 1. The van der Waals surface area contributed by atoms with Crippen LogP contribution in [0.2, 0.25) is 0 Å². The predicted octanol–water partition coefficient (Wildman–Crippen LogP) is 2.08. The van der Waals surface area contributed by atoms with Gasteiger partial charge in [-0.2, -0.15) is 0 Å². The molecule has 1 aromatic heterocycles. The summed E-state index contributed by atoms with van der Waals surface area (Å²) >= 11 is 5.59. The first kappa shape index (κ1) is 10.1. The third-order valence-electron chi connectivity index (χ3n) is 1.69. The predicted molar refractivity (Wildman–Crippen MR) is 50.6 cm³/mol. The summed E-state index contributed by atoms with van der Waals surface area (Å²) in [5.74, 6) is 0.538. The van der Waals surface area contributed by atoms with E-state index in [9.17, 15) is 4.79 Å². The molecule has 1 rings (SSSR count). The molecule has 0 radical (unpaired) electrons. The summed E-state index contributed by atoms with van der Waals surface area (Å²) in [7, 11) is 0. The van der Waals surface area contributed by atoms with Gasteiger partial charge in [0.2, 0.25) is 5.91 Å². The number of rotatable bonds is 3. The molecule has 72 valence electrons. The Labute approximate surface area is 82.1 Å². The monoisotopic (exact) mass is 201 g/mol. The van der Waals surface area contributed by atoms with Gasteiger partial charge in [0.1, 0.15) is 11.1 Å². The molecule has 1 unspecified atom stereocenters. The van der Waals surface area contributed by atoms with Gasteiger partial charge in [0.05, 0.1) is 12.3 Å². The molecule has 0 bridgehead atoms. The quantitative estimate of drug-likeness (QED) is 0.761. The lowest BCUT2D eigenvalue weighted by Gasteiger charge is -2.11. The topological polar surface area (TPSA) is 42.2 Å². The van der Waals surface area contributed by atoms with E-state index in [0.717, 1.165) is 5.76 Å². The van der Waals surface area contributed by atoms with E-state index in [1.54, 1.807) is 19.3 Å². The van der Waals surface area contributed by atoms with Crippen LogP contribution in [0.3, 0.4) is 0 Å². The fourth-order valence-electron chi connectivity index (χ4n) is 0.937. The number of halogens is 1. The van der Waals surface area contributed by atoms with Crippen LogP contribution in [-0.2, 0) is 4.79 Å². The smallest absolute Gasteiger partial charge is 0.238 e. The Morgan fingerprint density at radius 1 is 1.62 bits per heavy atom. The number of amides is 1. The minimum absolute atomic E-state index is 0.135. The van der Waals surface area contributed by atoms with Crippen molar-refractivity contribution in [2.45, 2.75) is 25.3 Å². The molecular formula is C9H12ClNO2. The molecule has 0 aliphatic rings. The van der Waals surface area contributed by atoms with E-state index in [0.29, 0.717) is 0 Å². The molecule has 0 aliphatic heterocycles. The van der Waals surface area contributed by atoms with Gasteiger partial charge < -0.3 is 9.73 Å². The van der Waals surface area contributed by atoms with Gasteiger partial charge in [-0.15, -0.1) is 11.6 Å². The van der Waals surface area contributed by atoms with Crippen molar-refractivity contribution >= 4 is 17.5 Å². The molecular weight excluding hydrogens is 190 g/mol. The average molecular weight is 202 g/mol. The van der Waals surface area contributed by atoms with Crippen LogP contribution in [0.25, 0.3) is 0 Å². The molecule has 1 aromatic rings. The van der Waals surface area contributed by atoms with Gasteiger partial charge in [-0.25, -0.2) is 0 Å².